The summed E-state index contributed by atoms with van der Waals surface area (Å²) in [4.78, 5) is 29.5. The number of hydrogen-bond acceptors (Lipinski definition) is 6. The molecule has 2 aromatic carbocycles. The molecule has 2 aromatic rings. The maximum Gasteiger partial charge on any atom is 0.260 e. The first-order chi connectivity index (χ1) is 16.9. The van der Waals surface area contributed by atoms with Crippen LogP contribution in [0.25, 0.3) is 5.57 Å². The lowest BCUT2D eigenvalue weighted by atomic mass is 9.95. The van der Waals surface area contributed by atoms with Crippen LogP contribution >= 0.6 is 11.6 Å². The van der Waals surface area contributed by atoms with E-state index in [4.69, 9.17) is 16.4 Å². The average molecular weight is 490 g/mol. The smallest absolute Gasteiger partial charge is 0.260 e. The van der Waals surface area contributed by atoms with Crippen molar-refractivity contribution in [2.45, 2.75) is 33.5 Å². The van der Waals surface area contributed by atoms with Gasteiger partial charge in [-0.3, -0.25) is 9.69 Å². The Hall–Kier alpha value is -3.68. The topological polar surface area (TPSA) is 78.3 Å². The molecule has 0 fully saturated rings. The van der Waals surface area contributed by atoms with E-state index >= 15 is 0 Å². The SMILES string of the molecule is C=C(/N=C1\C(=C/C)C=C(c2ccc(C3=NC(C)ON3)cc2Cl)C(=O)N1CC)NCc1ccccc1. The third-order valence-electron chi connectivity index (χ3n) is 5.67. The summed E-state index contributed by atoms with van der Waals surface area (Å²) >= 11 is 6.64. The van der Waals surface area contributed by atoms with Crippen molar-refractivity contribution in [2.24, 2.45) is 9.98 Å². The summed E-state index contributed by atoms with van der Waals surface area (Å²) in [6.45, 7) is 10.7. The minimum atomic E-state index is -0.268. The number of benzene rings is 2. The first-order valence-corrected chi connectivity index (χ1v) is 11.8. The number of allylic oxidation sites excluding steroid dienone is 1. The summed E-state index contributed by atoms with van der Waals surface area (Å²) in [7, 11) is 0. The van der Waals surface area contributed by atoms with E-state index in [1.54, 1.807) is 11.0 Å². The molecule has 1 atom stereocenters. The standard InChI is InChI=1S/C27H28ClN5O2/c1-5-20-14-23(22-13-12-21(15-24(22)28)25-31-18(4)35-32-25)27(34)33(6-2)26(20)30-17(3)29-16-19-10-8-7-9-11-19/h5,7-15,18,29H,3,6,16H2,1-2,4H3,(H,31,32)/b20-5-,30-26+. The number of carbonyl (C=O) groups is 1. The second-order valence-corrected chi connectivity index (χ2v) is 8.47. The van der Waals surface area contributed by atoms with Gasteiger partial charge in [0.1, 0.15) is 11.7 Å². The Morgan fingerprint density at radius 3 is 2.71 bits per heavy atom. The van der Waals surface area contributed by atoms with E-state index in [-0.39, 0.29) is 12.1 Å². The summed E-state index contributed by atoms with van der Waals surface area (Å²) in [6, 6.07) is 15.5. The number of likely N-dealkylation sites (N-methyl/N-ethyl adjacent to an activating group) is 1. The number of aliphatic imine (C=N–C) groups is 2. The molecular formula is C27H28ClN5O2. The highest BCUT2D eigenvalue weighted by atomic mass is 35.5. The normalized spacial score (nSPS) is 20.1. The zero-order valence-electron chi connectivity index (χ0n) is 20.0. The van der Waals surface area contributed by atoms with E-state index in [9.17, 15) is 4.79 Å². The van der Waals surface area contributed by atoms with Gasteiger partial charge in [-0.05, 0) is 38.5 Å². The molecule has 2 aliphatic rings. The van der Waals surface area contributed by atoms with Crippen LogP contribution in [0.1, 0.15) is 37.5 Å². The number of hydroxylamine groups is 1. The Morgan fingerprint density at radius 1 is 1.31 bits per heavy atom. The third-order valence-corrected chi connectivity index (χ3v) is 5.98. The van der Waals surface area contributed by atoms with Crippen LogP contribution in [-0.4, -0.2) is 35.3 Å². The average Bonchev–Trinajstić information content (AvgIpc) is 3.30. The Labute approximate surface area is 210 Å². The molecule has 0 saturated heterocycles. The highest BCUT2D eigenvalue weighted by Crippen LogP contribution is 2.32. The molecule has 0 radical (unpaired) electrons. The molecule has 2 N–H and O–H groups in total. The number of nitrogens with zero attached hydrogens (tertiary/aromatic N) is 3. The van der Waals surface area contributed by atoms with Gasteiger partial charge in [0.2, 0.25) is 0 Å². The lowest BCUT2D eigenvalue weighted by molar-refractivity contribution is -0.121. The van der Waals surface area contributed by atoms with Gasteiger partial charge in [0.05, 0.1) is 0 Å². The zero-order chi connectivity index (χ0) is 24.9. The monoisotopic (exact) mass is 489 g/mol. The van der Waals surface area contributed by atoms with Crippen molar-refractivity contribution in [1.82, 2.24) is 15.7 Å². The van der Waals surface area contributed by atoms with Crippen molar-refractivity contribution in [3.8, 4) is 0 Å². The van der Waals surface area contributed by atoms with Gasteiger partial charge >= 0.3 is 0 Å². The minimum Gasteiger partial charge on any atom is -0.366 e. The summed E-state index contributed by atoms with van der Waals surface area (Å²) < 4.78 is 0. The van der Waals surface area contributed by atoms with Gasteiger partial charge in [-0.1, -0.05) is 66.7 Å². The number of amidine groups is 2. The predicted molar refractivity (Wildman–Crippen MR) is 141 cm³/mol. The van der Waals surface area contributed by atoms with Crippen molar-refractivity contribution >= 4 is 34.8 Å². The number of rotatable bonds is 7. The summed E-state index contributed by atoms with van der Waals surface area (Å²) in [5.74, 6) is 1.47. The van der Waals surface area contributed by atoms with E-state index in [0.717, 1.165) is 16.7 Å². The maximum absolute atomic E-state index is 13.5. The number of nitrogens with one attached hydrogen (secondary N) is 2. The second-order valence-electron chi connectivity index (χ2n) is 8.06. The lowest BCUT2D eigenvalue weighted by Crippen LogP contribution is -2.41. The first-order valence-electron chi connectivity index (χ1n) is 11.5. The van der Waals surface area contributed by atoms with Crippen LogP contribution in [0.2, 0.25) is 5.02 Å². The first kappa shape index (κ1) is 24.4. The Kier molecular flexibility index (Phi) is 7.48. The molecule has 0 aliphatic carbocycles. The van der Waals surface area contributed by atoms with Gasteiger partial charge in [-0.25, -0.2) is 20.3 Å². The fraction of sp³-hybridized carbons (Fsp3) is 0.222. The van der Waals surface area contributed by atoms with Gasteiger partial charge in [0.25, 0.3) is 5.91 Å². The van der Waals surface area contributed by atoms with E-state index in [1.165, 1.54) is 0 Å². The summed E-state index contributed by atoms with van der Waals surface area (Å²) in [5.41, 5.74) is 6.66. The van der Waals surface area contributed by atoms with Gasteiger partial charge in [0.15, 0.2) is 12.1 Å². The van der Waals surface area contributed by atoms with Crippen LogP contribution < -0.4 is 10.8 Å². The van der Waals surface area contributed by atoms with Gasteiger partial charge in [0, 0.05) is 40.4 Å². The molecule has 1 unspecified atom stereocenters. The number of hydrogen-bond donors (Lipinski definition) is 2. The Bertz CT molecular complexity index is 1260. The zero-order valence-corrected chi connectivity index (χ0v) is 20.8. The van der Waals surface area contributed by atoms with E-state index in [0.29, 0.717) is 46.7 Å². The van der Waals surface area contributed by atoms with Crippen LogP contribution in [0.3, 0.4) is 0 Å². The fourth-order valence-electron chi connectivity index (χ4n) is 3.86. The van der Waals surface area contributed by atoms with Gasteiger partial charge in [-0.15, -0.1) is 0 Å². The number of halogens is 1. The van der Waals surface area contributed by atoms with E-state index in [1.807, 2.05) is 75.4 Å². The molecule has 1 amide bonds. The van der Waals surface area contributed by atoms with Crippen LogP contribution in [0.15, 0.2) is 88.6 Å². The maximum atomic E-state index is 13.5. The molecular weight excluding hydrogens is 462 g/mol. The summed E-state index contributed by atoms with van der Waals surface area (Å²) in [6.07, 6.45) is 3.49. The van der Waals surface area contributed by atoms with Crippen LogP contribution in [-0.2, 0) is 16.2 Å². The molecule has 180 valence electrons. The molecule has 2 heterocycles. The number of carbonyl (C=O) groups excluding carboxylic acids is 1. The van der Waals surface area contributed by atoms with Crippen LogP contribution in [0.4, 0.5) is 0 Å². The third kappa shape index (κ3) is 5.37. The van der Waals surface area contributed by atoms with Gasteiger partial charge in [-0.2, -0.15) is 0 Å². The van der Waals surface area contributed by atoms with Crippen molar-refractivity contribution in [3.05, 3.63) is 100 Å². The second kappa shape index (κ2) is 10.7. The molecule has 0 aromatic heterocycles. The highest BCUT2D eigenvalue weighted by Gasteiger charge is 2.31. The Morgan fingerprint density at radius 2 is 2.09 bits per heavy atom. The molecule has 35 heavy (non-hydrogen) atoms. The Balaban J connectivity index is 1.61. The molecule has 0 bridgehead atoms. The highest BCUT2D eigenvalue weighted by molar-refractivity contribution is 6.37. The van der Waals surface area contributed by atoms with Crippen LogP contribution in [0.5, 0.6) is 0 Å². The van der Waals surface area contributed by atoms with Crippen molar-refractivity contribution in [1.29, 1.82) is 0 Å². The summed E-state index contributed by atoms with van der Waals surface area (Å²) in [5, 5.41) is 3.67. The van der Waals surface area contributed by atoms with Crippen molar-refractivity contribution in [2.75, 3.05) is 6.54 Å². The lowest BCUT2D eigenvalue weighted by Gasteiger charge is -2.30. The molecule has 4 rings (SSSR count). The number of amides is 1. The molecule has 0 saturated carbocycles. The fourth-order valence-corrected chi connectivity index (χ4v) is 4.14. The van der Waals surface area contributed by atoms with E-state index < -0.39 is 0 Å². The quantitative estimate of drug-likeness (QED) is 0.584. The van der Waals surface area contributed by atoms with Crippen molar-refractivity contribution in [3.63, 3.8) is 0 Å². The minimum absolute atomic E-state index is 0.171. The van der Waals surface area contributed by atoms with Crippen LogP contribution in [0, 0.1) is 0 Å². The predicted octanol–water partition coefficient (Wildman–Crippen LogP) is 4.82. The van der Waals surface area contributed by atoms with Gasteiger partial charge < -0.3 is 5.32 Å². The molecule has 8 heteroatoms. The largest absolute Gasteiger partial charge is 0.366 e. The van der Waals surface area contributed by atoms with E-state index in [2.05, 4.69) is 27.4 Å². The molecule has 2 aliphatic heterocycles. The van der Waals surface area contributed by atoms with Crippen molar-refractivity contribution < 1.29 is 9.63 Å². The molecule has 7 nitrogen and oxygen atoms in total. The molecule has 0 spiro atoms.